The number of amides is 1. The third kappa shape index (κ3) is 6.78. The van der Waals surface area contributed by atoms with E-state index in [1.54, 1.807) is 24.3 Å². The molecule has 10 heteroatoms. The van der Waals surface area contributed by atoms with Gasteiger partial charge in [0.15, 0.2) is 0 Å². The van der Waals surface area contributed by atoms with Gasteiger partial charge < -0.3 is 19.7 Å². The number of morpholine rings is 1. The minimum absolute atomic E-state index is 0.116. The number of sulfonamides is 1. The molecule has 4 rings (SSSR count). The summed E-state index contributed by atoms with van der Waals surface area (Å²) in [6.07, 6.45) is 0. The van der Waals surface area contributed by atoms with Crippen LogP contribution in [0.2, 0.25) is 0 Å². The summed E-state index contributed by atoms with van der Waals surface area (Å²) < 4.78 is 52.1. The van der Waals surface area contributed by atoms with Gasteiger partial charge in [0.25, 0.3) is 10.0 Å². The number of rotatable bonds is 10. The zero-order valence-electron chi connectivity index (χ0n) is 20.6. The highest BCUT2D eigenvalue weighted by Gasteiger charge is 2.27. The Hall–Kier alpha value is -3.63. The predicted octanol–water partition coefficient (Wildman–Crippen LogP) is 3.57. The zero-order valence-corrected chi connectivity index (χ0v) is 21.4. The van der Waals surface area contributed by atoms with Crippen molar-refractivity contribution < 1.29 is 27.1 Å². The van der Waals surface area contributed by atoms with Crippen LogP contribution in [0, 0.1) is 5.82 Å². The van der Waals surface area contributed by atoms with E-state index in [2.05, 4.69) is 10.2 Å². The molecule has 37 heavy (non-hydrogen) atoms. The van der Waals surface area contributed by atoms with Gasteiger partial charge in [0.2, 0.25) is 5.91 Å². The topological polar surface area (TPSA) is 88.2 Å². The minimum atomic E-state index is -4.14. The fourth-order valence-electron chi connectivity index (χ4n) is 3.96. The first-order valence-electron chi connectivity index (χ1n) is 12.1. The number of ether oxygens (including phenoxy) is 2. The van der Waals surface area contributed by atoms with Crippen LogP contribution >= 0.6 is 0 Å². The summed E-state index contributed by atoms with van der Waals surface area (Å²) >= 11 is 0. The predicted molar refractivity (Wildman–Crippen MR) is 140 cm³/mol. The average Bonchev–Trinajstić information content (AvgIpc) is 2.92. The first-order valence-corrected chi connectivity index (χ1v) is 13.5. The SMILES string of the molecule is CCOc1ccc(N(CC(=O)NCc2ccc(N3CCOCC3)cc2)S(=O)(=O)c2ccc(F)cc2)cc1. The Kier molecular flexibility index (Phi) is 8.62. The van der Waals surface area contributed by atoms with Crippen molar-refractivity contribution in [3.8, 4) is 5.75 Å². The highest BCUT2D eigenvalue weighted by molar-refractivity contribution is 7.92. The highest BCUT2D eigenvalue weighted by Crippen LogP contribution is 2.26. The van der Waals surface area contributed by atoms with E-state index in [4.69, 9.17) is 9.47 Å². The highest BCUT2D eigenvalue weighted by atomic mass is 32.2. The van der Waals surface area contributed by atoms with Gasteiger partial charge in [0.05, 0.1) is 30.4 Å². The molecule has 0 atom stereocenters. The third-order valence-corrected chi connectivity index (χ3v) is 7.71. The molecule has 8 nitrogen and oxygen atoms in total. The van der Waals surface area contributed by atoms with Gasteiger partial charge >= 0.3 is 0 Å². The standard InChI is InChI=1S/C27H30FN3O5S/c1-2-36-25-11-9-24(10-12-25)31(37(33,34)26-13-5-22(28)6-14-26)20-27(32)29-19-21-3-7-23(8-4-21)30-15-17-35-18-16-30/h3-14H,2,15-20H2,1H3,(H,29,32). The van der Waals surface area contributed by atoms with Crippen LogP contribution in [0.5, 0.6) is 5.75 Å². The molecule has 1 aliphatic rings. The third-order valence-electron chi connectivity index (χ3n) is 5.93. The Morgan fingerprint density at radius 1 is 1.00 bits per heavy atom. The molecule has 0 saturated carbocycles. The Balaban J connectivity index is 1.47. The quantitative estimate of drug-likeness (QED) is 0.434. The largest absolute Gasteiger partial charge is 0.494 e. The van der Waals surface area contributed by atoms with E-state index in [0.29, 0.717) is 25.6 Å². The van der Waals surface area contributed by atoms with Gasteiger partial charge in [0, 0.05) is 25.3 Å². The molecule has 1 aliphatic heterocycles. The summed E-state index contributed by atoms with van der Waals surface area (Å²) in [6, 6.07) is 18.8. The molecule has 1 fully saturated rings. The molecule has 1 amide bonds. The zero-order chi connectivity index (χ0) is 26.3. The summed E-state index contributed by atoms with van der Waals surface area (Å²) in [5.41, 5.74) is 2.27. The van der Waals surface area contributed by atoms with Crippen LogP contribution in [0.4, 0.5) is 15.8 Å². The van der Waals surface area contributed by atoms with Crippen LogP contribution in [-0.2, 0) is 26.1 Å². The minimum Gasteiger partial charge on any atom is -0.494 e. The van der Waals surface area contributed by atoms with Gasteiger partial charge in [-0.05, 0) is 73.2 Å². The molecule has 196 valence electrons. The van der Waals surface area contributed by atoms with Crippen LogP contribution in [-0.4, -0.2) is 53.8 Å². The lowest BCUT2D eigenvalue weighted by Gasteiger charge is -2.29. The van der Waals surface area contributed by atoms with E-state index in [1.807, 2.05) is 31.2 Å². The molecule has 0 bridgehead atoms. The van der Waals surface area contributed by atoms with E-state index in [9.17, 15) is 17.6 Å². The lowest BCUT2D eigenvalue weighted by Crippen LogP contribution is -2.40. The van der Waals surface area contributed by atoms with Crippen LogP contribution in [0.25, 0.3) is 0 Å². The second kappa shape index (κ2) is 12.1. The van der Waals surface area contributed by atoms with Gasteiger partial charge in [-0.3, -0.25) is 9.10 Å². The van der Waals surface area contributed by atoms with E-state index >= 15 is 0 Å². The molecular formula is C27H30FN3O5S. The normalized spacial score (nSPS) is 13.7. The number of benzene rings is 3. The molecule has 3 aromatic carbocycles. The number of nitrogens with zero attached hydrogens (tertiary/aromatic N) is 2. The lowest BCUT2D eigenvalue weighted by molar-refractivity contribution is -0.119. The maximum atomic E-state index is 13.4. The molecule has 0 spiro atoms. The molecule has 1 saturated heterocycles. The fourth-order valence-corrected chi connectivity index (χ4v) is 5.38. The number of nitrogens with one attached hydrogen (secondary N) is 1. The monoisotopic (exact) mass is 527 g/mol. The molecule has 1 N–H and O–H groups in total. The van der Waals surface area contributed by atoms with Crippen LogP contribution in [0.1, 0.15) is 12.5 Å². The number of anilines is 2. The van der Waals surface area contributed by atoms with E-state index < -0.39 is 28.3 Å². The van der Waals surface area contributed by atoms with Crippen molar-refractivity contribution in [2.24, 2.45) is 0 Å². The van der Waals surface area contributed by atoms with Crippen molar-refractivity contribution in [2.45, 2.75) is 18.4 Å². The van der Waals surface area contributed by atoms with Crippen molar-refractivity contribution >= 4 is 27.3 Å². The van der Waals surface area contributed by atoms with Crippen molar-refractivity contribution in [1.29, 1.82) is 0 Å². The Morgan fingerprint density at radius 3 is 2.27 bits per heavy atom. The number of halogens is 1. The summed E-state index contributed by atoms with van der Waals surface area (Å²) in [6.45, 7) is 5.18. The average molecular weight is 528 g/mol. The van der Waals surface area contributed by atoms with Crippen molar-refractivity contribution in [3.63, 3.8) is 0 Å². The number of carbonyl (C=O) groups excluding carboxylic acids is 1. The Labute approximate surface area is 216 Å². The van der Waals surface area contributed by atoms with Crippen molar-refractivity contribution in [3.05, 3.63) is 84.2 Å². The molecule has 0 unspecified atom stereocenters. The van der Waals surface area contributed by atoms with Crippen molar-refractivity contribution in [1.82, 2.24) is 5.32 Å². The van der Waals surface area contributed by atoms with Gasteiger partial charge in [-0.2, -0.15) is 0 Å². The number of hydrogen-bond acceptors (Lipinski definition) is 6. The van der Waals surface area contributed by atoms with Gasteiger partial charge in [0.1, 0.15) is 18.1 Å². The Bertz CT molecular complexity index is 1280. The second-order valence-corrected chi connectivity index (χ2v) is 10.3. The van der Waals surface area contributed by atoms with Gasteiger partial charge in [-0.15, -0.1) is 0 Å². The lowest BCUT2D eigenvalue weighted by atomic mass is 10.2. The van der Waals surface area contributed by atoms with Gasteiger partial charge in [-0.25, -0.2) is 12.8 Å². The molecule has 3 aromatic rings. The van der Waals surface area contributed by atoms with Gasteiger partial charge in [-0.1, -0.05) is 12.1 Å². The van der Waals surface area contributed by atoms with E-state index in [0.717, 1.165) is 40.8 Å². The summed E-state index contributed by atoms with van der Waals surface area (Å²) in [5.74, 6) is -0.448. The summed E-state index contributed by atoms with van der Waals surface area (Å²) in [7, 11) is -4.14. The van der Waals surface area contributed by atoms with E-state index in [1.165, 1.54) is 12.1 Å². The Morgan fingerprint density at radius 2 is 1.65 bits per heavy atom. The maximum absolute atomic E-state index is 13.4. The number of carbonyl (C=O) groups is 1. The van der Waals surface area contributed by atoms with Crippen LogP contribution in [0.15, 0.2) is 77.7 Å². The molecule has 0 aromatic heterocycles. The fraction of sp³-hybridized carbons (Fsp3) is 0.296. The number of hydrogen-bond donors (Lipinski definition) is 1. The molecule has 0 aliphatic carbocycles. The molecular weight excluding hydrogens is 497 g/mol. The summed E-state index contributed by atoms with van der Waals surface area (Å²) in [5, 5.41) is 2.80. The molecule has 0 radical (unpaired) electrons. The summed E-state index contributed by atoms with van der Waals surface area (Å²) in [4.78, 5) is 15.0. The smallest absolute Gasteiger partial charge is 0.264 e. The van der Waals surface area contributed by atoms with Crippen LogP contribution < -0.4 is 19.3 Å². The second-order valence-electron chi connectivity index (χ2n) is 8.44. The maximum Gasteiger partial charge on any atom is 0.264 e. The molecule has 1 heterocycles. The van der Waals surface area contributed by atoms with Crippen molar-refractivity contribution in [2.75, 3.05) is 48.7 Å². The van der Waals surface area contributed by atoms with E-state index in [-0.39, 0.29) is 17.1 Å². The first-order chi connectivity index (χ1) is 17.9. The first kappa shape index (κ1) is 26.4. The van der Waals surface area contributed by atoms with Crippen LogP contribution in [0.3, 0.4) is 0 Å².